The molecule has 0 spiro atoms. The molecule has 9 nitrogen and oxygen atoms in total. The molecule has 0 saturated carbocycles. The molecule has 0 aliphatic carbocycles. The highest BCUT2D eigenvalue weighted by atomic mass is 16.5. The lowest BCUT2D eigenvalue weighted by Gasteiger charge is -2.30. The smallest absolute Gasteiger partial charge is 0.251 e. The van der Waals surface area contributed by atoms with Gasteiger partial charge in [0.2, 0.25) is 5.91 Å². The molecule has 2 heterocycles. The van der Waals surface area contributed by atoms with E-state index in [4.69, 9.17) is 9.15 Å². The molecule has 0 fully saturated rings. The van der Waals surface area contributed by atoms with Gasteiger partial charge in [-0.25, -0.2) is 4.68 Å². The van der Waals surface area contributed by atoms with E-state index < -0.39 is 6.04 Å². The summed E-state index contributed by atoms with van der Waals surface area (Å²) in [4.78, 5) is 28.4. The van der Waals surface area contributed by atoms with E-state index in [1.165, 1.54) is 15.8 Å². The molecular formula is C24H25N5O4. The quantitative estimate of drug-likeness (QED) is 0.396. The molecule has 2 amide bonds. The average molecular weight is 447 g/mol. The molecule has 0 saturated heterocycles. The Kier molecular flexibility index (Phi) is 6.80. The highest BCUT2D eigenvalue weighted by Crippen LogP contribution is 2.29. The van der Waals surface area contributed by atoms with Crippen molar-refractivity contribution in [2.45, 2.75) is 19.5 Å². The molecule has 1 unspecified atom stereocenters. The number of hydrogen-bond donors (Lipinski definition) is 1. The van der Waals surface area contributed by atoms with Crippen molar-refractivity contribution >= 4 is 28.5 Å². The van der Waals surface area contributed by atoms with E-state index >= 15 is 0 Å². The van der Waals surface area contributed by atoms with Gasteiger partial charge < -0.3 is 14.5 Å². The highest BCUT2D eigenvalue weighted by Gasteiger charge is 2.35. The number of rotatable bonds is 9. The summed E-state index contributed by atoms with van der Waals surface area (Å²) in [6.45, 7) is 2.51. The van der Waals surface area contributed by atoms with Gasteiger partial charge in [-0.15, -0.1) is 5.10 Å². The Morgan fingerprint density at radius 2 is 1.91 bits per heavy atom. The van der Waals surface area contributed by atoms with E-state index in [9.17, 15) is 9.59 Å². The maximum atomic E-state index is 13.7. The zero-order valence-corrected chi connectivity index (χ0v) is 18.5. The van der Waals surface area contributed by atoms with Crippen molar-refractivity contribution in [3.05, 3.63) is 78.3 Å². The molecule has 0 aliphatic heterocycles. The van der Waals surface area contributed by atoms with Crippen molar-refractivity contribution in [1.29, 1.82) is 0 Å². The number of anilines is 1. The summed E-state index contributed by atoms with van der Waals surface area (Å²) in [5.74, 6) is -0.362. The minimum Gasteiger partial charge on any atom is -0.467 e. The van der Waals surface area contributed by atoms with E-state index in [-0.39, 0.29) is 18.4 Å². The first-order chi connectivity index (χ1) is 16.1. The molecular weight excluding hydrogens is 422 g/mol. The van der Waals surface area contributed by atoms with Gasteiger partial charge in [-0.05, 0) is 43.3 Å². The predicted octanol–water partition coefficient (Wildman–Crippen LogP) is 2.87. The zero-order valence-electron chi connectivity index (χ0n) is 18.5. The fourth-order valence-electron chi connectivity index (χ4n) is 3.57. The first kappa shape index (κ1) is 22.2. The molecule has 0 bridgehead atoms. The van der Waals surface area contributed by atoms with Gasteiger partial charge >= 0.3 is 0 Å². The van der Waals surface area contributed by atoms with E-state index in [0.29, 0.717) is 30.1 Å². The van der Waals surface area contributed by atoms with E-state index in [1.54, 1.807) is 19.2 Å². The Bertz CT molecular complexity index is 1220. The van der Waals surface area contributed by atoms with Crippen LogP contribution in [0.3, 0.4) is 0 Å². The van der Waals surface area contributed by atoms with Gasteiger partial charge in [0.05, 0.1) is 18.4 Å². The fraction of sp³-hybridized carbons (Fsp3) is 0.250. The molecule has 4 rings (SSSR count). The summed E-state index contributed by atoms with van der Waals surface area (Å²) in [5.41, 5.74) is 3.02. The summed E-state index contributed by atoms with van der Waals surface area (Å²) in [5, 5.41) is 11.1. The zero-order chi connectivity index (χ0) is 23.2. The van der Waals surface area contributed by atoms with Gasteiger partial charge in [0.15, 0.2) is 6.04 Å². The van der Waals surface area contributed by atoms with Crippen LogP contribution in [0.4, 0.5) is 5.69 Å². The number of ether oxygens (including phenoxy) is 1. The Morgan fingerprint density at radius 1 is 1.12 bits per heavy atom. The lowest BCUT2D eigenvalue weighted by atomic mass is 10.1. The van der Waals surface area contributed by atoms with Crippen LogP contribution in [-0.2, 0) is 20.9 Å². The van der Waals surface area contributed by atoms with Crippen molar-refractivity contribution < 1.29 is 18.7 Å². The number of aromatic nitrogens is 3. The first-order valence-electron chi connectivity index (χ1n) is 10.6. The third-order valence-corrected chi connectivity index (χ3v) is 5.21. The number of fused-ring (bicyclic) bond motifs is 1. The number of carbonyl (C=O) groups excluding carboxylic acids is 2. The Balaban J connectivity index is 1.73. The lowest BCUT2D eigenvalue weighted by Crippen LogP contribution is -2.45. The number of benzene rings is 2. The molecule has 1 atom stereocenters. The summed E-state index contributed by atoms with van der Waals surface area (Å²) in [6.07, 6.45) is 1.48. The second-order valence-corrected chi connectivity index (χ2v) is 7.54. The minimum atomic E-state index is -1.01. The topological polar surface area (TPSA) is 102 Å². The molecule has 9 heteroatoms. The van der Waals surface area contributed by atoms with Crippen LogP contribution >= 0.6 is 0 Å². The van der Waals surface area contributed by atoms with Crippen LogP contribution in [0, 0.1) is 6.92 Å². The number of furan rings is 1. The van der Waals surface area contributed by atoms with Crippen LogP contribution in [0.5, 0.6) is 0 Å². The molecule has 4 aromatic rings. The van der Waals surface area contributed by atoms with Crippen molar-refractivity contribution in [2.24, 2.45) is 0 Å². The average Bonchev–Trinajstić information content (AvgIpc) is 3.49. The number of aryl methyl sites for hydroxylation is 1. The number of para-hydroxylation sites is 1. The fourth-order valence-corrected chi connectivity index (χ4v) is 3.57. The third-order valence-electron chi connectivity index (χ3n) is 5.21. The largest absolute Gasteiger partial charge is 0.467 e. The monoisotopic (exact) mass is 447 g/mol. The van der Waals surface area contributed by atoms with E-state index in [0.717, 1.165) is 11.1 Å². The first-order valence-corrected chi connectivity index (χ1v) is 10.6. The lowest BCUT2D eigenvalue weighted by molar-refractivity contribution is -0.127. The van der Waals surface area contributed by atoms with Gasteiger partial charge in [-0.1, -0.05) is 35.0 Å². The Labute approximate surface area is 190 Å². The van der Waals surface area contributed by atoms with Crippen LogP contribution in [0.15, 0.2) is 71.3 Å². The summed E-state index contributed by atoms with van der Waals surface area (Å²) >= 11 is 0. The maximum Gasteiger partial charge on any atom is 0.251 e. The number of nitrogens with one attached hydrogen (secondary N) is 1. The van der Waals surface area contributed by atoms with Gasteiger partial charge in [0.25, 0.3) is 5.91 Å². The minimum absolute atomic E-state index is 0.100. The molecule has 0 aliphatic rings. The number of carbonyl (C=O) groups is 2. The number of amides is 2. The standard InChI is InChI=1S/C24H25N5O4/c1-17-9-11-18(12-10-17)29(22(30)16-28-20-7-4-3-6-19(20)26-27-28)23(21-8-5-14-33-21)24(31)25-13-15-32-2/h3-12,14,23H,13,15-16H2,1-2H3,(H,25,31). The van der Waals surface area contributed by atoms with Crippen molar-refractivity contribution in [2.75, 3.05) is 25.2 Å². The summed E-state index contributed by atoms with van der Waals surface area (Å²) in [6, 6.07) is 17.2. The van der Waals surface area contributed by atoms with Crippen molar-refractivity contribution in [1.82, 2.24) is 20.3 Å². The summed E-state index contributed by atoms with van der Waals surface area (Å²) < 4.78 is 12.2. The number of methoxy groups -OCH3 is 1. The Morgan fingerprint density at radius 3 is 2.64 bits per heavy atom. The molecule has 1 N–H and O–H groups in total. The van der Waals surface area contributed by atoms with E-state index in [1.807, 2.05) is 55.5 Å². The molecule has 33 heavy (non-hydrogen) atoms. The van der Waals surface area contributed by atoms with Gasteiger partial charge in [0.1, 0.15) is 17.8 Å². The maximum absolute atomic E-state index is 13.7. The molecule has 2 aromatic carbocycles. The number of hydrogen-bond acceptors (Lipinski definition) is 6. The third kappa shape index (κ3) is 4.93. The molecule has 0 radical (unpaired) electrons. The predicted molar refractivity (Wildman–Crippen MR) is 123 cm³/mol. The van der Waals surface area contributed by atoms with Crippen LogP contribution in [0.1, 0.15) is 17.4 Å². The normalized spacial score (nSPS) is 11.9. The second kappa shape index (κ2) is 10.1. The number of nitrogens with zero attached hydrogens (tertiary/aromatic N) is 4. The van der Waals surface area contributed by atoms with Crippen LogP contribution in [-0.4, -0.2) is 47.1 Å². The molecule has 170 valence electrons. The van der Waals surface area contributed by atoms with Crippen LogP contribution in [0.25, 0.3) is 11.0 Å². The van der Waals surface area contributed by atoms with Crippen LogP contribution < -0.4 is 10.2 Å². The Hall–Kier alpha value is -3.98. The SMILES string of the molecule is COCCNC(=O)C(c1ccco1)N(C(=O)Cn1nnc2ccccc21)c1ccc(C)cc1. The second-order valence-electron chi connectivity index (χ2n) is 7.54. The van der Waals surface area contributed by atoms with Gasteiger partial charge in [0, 0.05) is 19.3 Å². The van der Waals surface area contributed by atoms with Crippen molar-refractivity contribution in [3.63, 3.8) is 0 Å². The van der Waals surface area contributed by atoms with Gasteiger partial charge in [-0.2, -0.15) is 0 Å². The summed E-state index contributed by atoms with van der Waals surface area (Å²) in [7, 11) is 1.56. The van der Waals surface area contributed by atoms with Crippen LogP contribution in [0.2, 0.25) is 0 Å². The highest BCUT2D eigenvalue weighted by molar-refractivity contribution is 6.01. The van der Waals surface area contributed by atoms with E-state index in [2.05, 4.69) is 15.6 Å². The van der Waals surface area contributed by atoms with Gasteiger partial charge in [-0.3, -0.25) is 14.5 Å². The van der Waals surface area contributed by atoms with Crippen molar-refractivity contribution in [3.8, 4) is 0 Å². The molecule has 2 aromatic heterocycles.